The molecule has 0 radical (unpaired) electrons. The van der Waals surface area contributed by atoms with Gasteiger partial charge in [0.05, 0.1) is 24.8 Å². The minimum absolute atomic E-state index is 0.0397. The van der Waals surface area contributed by atoms with Gasteiger partial charge in [-0.2, -0.15) is 5.26 Å². The molecule has 2 heterocycles. The Labute approximate surface area is 214 Å². The summed E-state index contributed by atoms with van der Waals surface area (Å²) in [7, 11) is 1.61. The van der Waals surface area contributed by atoms with E-state index < -0.39 is 35.8 Å². The standard InChI is InChI=1S/C25H30N6O6/c1-15-4-5-18-11-20(15)37-9-7-27-21(33)14-31(25(36)19-10-17(12-26)13-30(19)3)8-6-28-24(35)22(16(2)32)29-23(18)34/h4-5,10-11,13,16,22,32H,6-9,14H2,1-3H3,(H,27,33)(H,28,35)(H,29,34)/t16-,22+/m1/s1. The molecule has 1 aliphatic rings. The highest BCUT2D eigenvalue weighted by Crippen LogP contribution is 2.20. The Morgan fingerprint density at radius 1 is 1.22 bits per heavy atom. The first-order valence-electron chi connectivity index (χ1n) is 11.7. The van der Waals surface area contributed by atoms with Crippen molar-refractivity contribution in [1.29, 1.82) is 5.26 Å². The SMILES string of the molecule is Cc1ccc2cc1OCCNC(=O)CN(C(=O)c1cc(C#N)cn1C)CCNC(=O)[C@H]([C@@H](C)O)NC2=O. The fraction of sp³-hybridized carbons (Fsp3) is 0.400. The fourth-order valence-electron chi connectivity index (χ4n) is 3.78. The molecule has 0 aliphatic carbocycles. The third-order valence-corrected chi connectivity index (χ3v) is 5.84. The van der Waals surface area contributed by atoms with Gasteiger partial charge >= 0.3 is 0 Å². The van der Waals surface area contributed by atoms with Crippen LogP contribution in [0.3, 0.4) is 0 Å². The number of carbonyl (C=O) groups is 4. The van der Waals surface area contributed by atoms with Gasteiger partial charge in [0.25, 0.3) is 11.8 Å². The summed E-state index contributed by atoms with van der Waals surface area (Å²) in [5.74, 6) is -1.74. The van der Waals surface area contributed by atoms with E-state index in [9.17, 15) is 24.3 Å². The number of aliphatic hydroxyl groups excluding tert-OH is 1. The molecular formula is C25H30N6O6. The van der Waals surface area contributed by atoms with Gasteiger partial charge in [0.15, 0.2) is 0 Å². The minimum Gasteiger partial charge on any atom is -0.491 e. The van der Waals surface area contributed by atoms with Crippen LogP contribution in [0.2, 0.25) is 0 Å². The second-order valence-electron chi connectivity index (χ2n) is 8.72. The zero-order valence-electron chi connectivity index (χ0n) is 20.9. The van der Waals surface area contributed by atoms with Crippen LogP contribution >= 0.6 is 0 Å². The Kier molecular flexibility index (Phi) is 8.86. The van der Waals surface area contributed by atoms with E-state index in [0.717, 1.165) is 5.56 Å². The Bertz CT molecular complexity index is 1230. The molecular weight excluding hydrogens is 480 g/mol. The molecule has 2 bridgehead atoms. The molecule has 0 spiro atoms. The number of ether oxygens (including phenoxy) is 1. The van der Waals surface area contributed by atoms with Crippen molar-refractivity contribution in [2.75, 3.05) is 32.8 Å². The summed E-state index contributed by atoms with van der Waals surface area (Å²) in [6.45, 7) is 3.05. The number of aliphatic hydroxyl groups is 1. The number of nitrogens with zero attached hydrogens (tertiary/aromatic N) is 3. The van der Waals surface area contributed by atoms with Crippen LogP contribution in [0, 0.1) is 18.3 Å². The second-order valence-corrected chi connectivity index (χ2v) is 8.72. The number of rotatable bonds is 2. The number of aryl methyl sites for hydroxylation is 2. The Balaban J connectivity index is 1.85. The molecule has 12 heteroatoms. The lowest BCUT2D eigenvalue weighted by Crippen LogP contribution is -2.53. The maximum atomic E-state index is 13.2. The van der Waals surface area contributed by atoms with Crippen LogP contribution in [0.25, 0.3) is 0 Å². The molecule has 1 aromatic carbocycles. The van der Waals surface area contributed by atoms with Gasteiger partial charge in [-0.3, -0.25) is 19.2 Å². The summed E-state index contributed by atoms with van der Waals surface area (Å²) in [5, 5.41) is 27.1. The van der Waals surface area contributed by atoms with Gasteiger partial charge in [0.2, 0.25) is 11.8 Å². The average Bonchev–Trinajstić information content (AvgIpc) is 3.24. The summed E-state index contributed by atoms with van der Waals surface area (Å²) in [6.07, 6.45) is 0.294. The van der Waals surface area contributed by atoms with Crippen LogP contribution in [-0.4, -0.2) is 83.1 Å². The molecule has 2 aromatic rings. The van der Waals surface area contributed by atoms with Crippen molar-refractivity contribution in [2.24, 2.45) is 7.05 Å². The van der Waals surface area contributed by atoms with Gasteiger partial charge in [-0.25, -0.2) is 0 Å². The number of hydrogen-bond acceptors (Lipinski definition) is 7. The van der Waals surface area contributed by atoms with Crippen molar-refractivity contribution in [1.82, 2.24) is 25.4 Å². The number of benzene rings is 1. The highest BCUT2D eigenvalue weighted by Gasteiger charge is 2.27. The van der Waals surface area contributed by atoms with Crippen molar-refractivity contribution in [3.8, 4) is 11.8 Å². The molecule has 1 aromatic heterocycles. The number of fused-ring (bicyclic) bond motifs is 2. The molecule has 37 heavy (non-hydrogen) atoms. The zero-order chi connectivity index (χ0) is 27.1. The summed E-state index contributed by atoms with van der Waals surface area (Å²) in [6, 6.07) is 6.93. The largest absolute Gasteiger partial charge is 0.491 e. The predicted octanol–water partition coefficient (Wildman–Crippen LogP) is -0.548. The maximum absolute atomic E-state index is 13.2. The topological polar surface area (TPSA) is 166 Å². The third kappa shape index (κ3) is 6.86. The molecule has 3 rings (SSSR count). The van der Waals surface area contributed by atoms with Gasteiger partial charge in [0, 0.05) is 31.9 Å². The van der Waals surface area contributed by atoms with Gasteiger partial charge in [0.1, 0.15) is 30.2 Å². The lowest BCUT2D eigenvalue weighted by atomic mass is 10.1. The lowest BCUT2D eigenvalue weighted by Gasteiger charge is -2.24. The van der Waals surface area contributed by atoms with E-state index in [-0.39, 0.29) is 44.0 Å². The molecule has 196 valence electrons. The van der Waals surface area contributed by atoms with E-state index in [1.54, 1.807) is 26.1 Å². The molecule has 0 saturated carbocycles. The first-order chi connectivity index (χ1) is 17.6. The van der Waals surface area contributed by atoms with E-state index in [2.05, 4.69) is 16.0 Å². The quantitative estimate of drug-likeness (QED) is 0.421. The molecule has 12 nitrogen and oxygen atoms in total. The smallest absolute Gasteiger partial charge is 0.271 e. The van der Waals surface area contributed by atoms with Crippen molar-refractivity contribution >= 4 is 23.6 Å². The Hall–Kier alpha value is -4.37. The van der Waals surface area contributed by atoms with Crippen LogP contribution in [0.15, 0.2) is 30.5 Å². The van der Waals surface area contributed by atoms with Gasteiger partial charge < -0.3 is 35.3 Å². The second kappa shape index (κ2) is 12.0. The maximum Gasteiger partial charge on any atom is 0.271 e. The number of carbonyl (C=O) groups excluding carboxylic acids is 4. The molecule has 4 N–H and O–H groups in total. The average molecular weight is 511 g/mol. The van der Waals surface area contributed by atoms with Crippen LogP contribution in [0.4, 0.5) is 0 Å². The van der Waals surface area contributed by atoms with Crippen LogP contribution in [-0.2, 0) is 16.6 Å². The molecule has 4 amide bonds. The summed E-state index contributed by atoms with van der Waals surface area (Å²) < 4.78 is 7.22. The zero-order valence-corrected chi connectivity index (χ0v) is 20.9. The molecule has 2 atom stereocenters. The van der Waals surface area contributed by atoms with Gasteiger partial charge in [-0.1, -0.05) is 6.07 Å². The van der Waals surface area contributed by atoms with Crippen molar-refractivity contribution in [2.45, 2.75) is 26.0 Å². The Morgan fingerprint density at radius 2 is 1.97 bits per heavy atom. The van der Waals surface area contributed by atoms with E-state index >= 15 is 0 Å². The number of nitriles is 1. The minimum atomic E-state index is -1.26. The normalized spacial score (nSPS) is 18.4. The molecule has 1 aliphatic heterocycles. The van der Waals surface area contributed by atoms with Crippen molar-refractivity contribution < 1.29 is 29.0 Å². The molecule has 0 unspecified atom stereocenters. The van der Waals surface area contributed by atoms with E-state index in [0.29, 0.717) is 11.3 Å². The summed E-state index contributed by atoms with van der Waals surface area (Å²) in [5.41, 5.74) is 1.50. The van der Waals surface area contributed by atoms with Crippen molar-refractivity contribution in [3.63, 3.8) is 0 Å². The number of hydrogen-bond donors (Lipinski definition) is 4. The van der Waals surface area contributed by atoms with Crippen molar-refractivity contribution in [3.05, 3.63) is 52.8 Å². The monoisotopic (exact) mass is 510 g/mol. The van der Waals surface area contributed by atoms with Crippen LogP contribution in [0.1, 0.15) is 38.9 Å². The summed E-state index contributed by atoms with van der Waals surface area (Å²) in [4.78, 5) is 52.7. The van der Waals surface area contributed by atoms with E-state index in [1.807, 2.05) is 6.07 Å². The fourth-order valence-corrected chi connectivity index (χ4v) is 3.78. The highest BCUT2D eigenvalue weighted by atomic mass is 16.5. The lowest BCUT2D eigenvalue weighted by molar-refractivity contribution is -0.125. The first kappa shape index (κ1) is 27.2. The number of amides is 4. The summed E-state index contributed by atoms with van der Waals surface area (Å²) >= 11 is 0. The van der Waals surface area contributed by atoms with E-state index in [1.165, 1.54) is 34.7 Å². The first-order valence-corrected chi connectivity index (χ1v) is 11.7. The third-order valence-electron chi connectivity index (χ3n) is 5.84. The van der Waals surface area contributed by atoms with Crippen LogP contribution in [0.5, 0.6) is 5.75 Å². The number of nitrogens with one attached hydrogen (secondary N) is 3. The molecule has 0 saturated heterocycles. The van der Waals surface area contributed by atoms with Gasteiger partial charge in [-0.05, 0) is 37.6 Å². The Morgan fingerprint density at radius 3 is 2.65 bits per heavy atom. The molecule has 0 fully saturated rings. The number of aromatic nitrogens is 1. The van der Waals surface area contributed by atoms with E-state index in [4.69, 9.17) is 10.00 Å². The van der Waals surface area contributed by atoms with Gasteiger partial charge in [-0.15, -0.1) is 0 Å². The highest BCUT2D eigenvalue weighted by molar-refractivity contribution is 5.98. The van der Waals surface area contributed by atoms with Crippen LogP contribution < -0.4 is 20.7 Å². The predicted molar refractivity (Wildman–Crippen MR) is 132 cm³/mol.